The summed E-state index contributed by atoms with van der Waals surface area (Å²) in [6.07, 6.45) is -2.78. The fourth-order valence-corrected chi connectivity index (χ4v) is 0.823. The molecule has 0 aromatic carbocycles. The van der Waals surface area contributed by atoms with Gasteiger partial charge in [0.25, 0.3) is 5.97 Å². The van der Waals surface area contributed by atoms with Gasteiger partial charge in [-0.25, -0.2) is 4.79 Å². The maximum Gasteiger partial charge on any atom is 0.377 e. The van der Waals surface area contributed by atoms with E-state index in [0.29, 0.717) is 0 Å². The van der Waals surface area contributed by atoms with E-state index in [1.807, 2.05) is 0 Å². The molecule has 0 fully saturated rings. The molecule has 8 nitrogen and oxygen atoms in total. The minimum Gasteiger partial charge on any atom is -0.505 e. The van der Waals surface area contributed by atoms with E-state index in [1.165, 1.54) is 0 Å². The molecule has 0 unspecified atom stereocenters. The SMILES string of the molecule is CC(=O)O.O=C1O[C@H]([C@@H](O)CO)C(O)=C1O. The first-order valence-corrected chi connectivity index (χ1v) is 4.12. The van der Waals surface area contributed by atoms with E-state index in [0.717, 1.165) is 6.92 Å². The number of hydrogen-bond acceptors (Lipinski definition) is 7. The molecule has 0 amide bonds. The van der Waals surface area contributed by atoms with Crippen LogP contribution < -0.4 is 0 Å². The van der Waals surface area contributed by atoms with Gasteiger partial charge >= 0.3 is 5.97 Å². The molecule has 92 valence electrons. The second-order valence-electron chi connectivity index (χ2n) is 2.83. The zero-order valence-corrected chi connectivity index (χ0v) is 8.32. The van der Waals surface area contributed by atoms with Crippen LogP contribution in [0.3, 0.4) is 0 Å². The summed E-state index contributed by atoms with van der Waals surface area (Å²) >= 11 is 0. The lowest BCUT2D eigenvalue weighted by molar-refractivity contribution is -0.147. The van der Waals surface area contributed by atoms with Crippen LogP contribution in [0.4, 0.5) is 0 Å². The van der Waals surface area contributed by atoms with Gasteiger partial charge in [0, 0.05) is 6.92 Å². The number of aliphatic hydroxyl groups excluding tert-OH is 4. The molecular formula is C8H12O8. The van der Waals surface area contributed by atoms with E-state index >= 15 is 0 Å². The molecule has 0 radical (unpaired) electrons. The molecule has 8 heteroatoms. The van der Waals surface area contributed by atoms with E-state index in [2.05, 4.69) is 4.74 Å². The minimum absolute atomic E-state index is 0.671. The highest BCUT2D eigenvalue weighted by atomic mass is 16.6. The zero-order chi connectivity index (χ0) is 12.9. The number of carbonyl (C=O) groups excluding carboxylic acids is 1. The van der Waals surface area contributed by atoms with Gasteiger partial charge in [0.05, 0.1) is 6.61 Å². The van der Waals surface area contributed by atoms with E-state index < -0.39 is 42.3 Å². The normalized spacial score (nSPS) is 20.9. The Bertz CT molecular complexity index is 303. The monoisotopic (exact) mass is 236 g/mol. The Morgan fingerprint density at radius 1 is 1.50 bits per heavy atom. The molecule has 0 aromatic rings. The highest BCUT2D eigenvalue weighted by molar-refractivity contribution is 5.89. The highest BCUT2D eigenvalue weighted by Crippen LogP contribution is 2.20. The van der Waals surface area contributed by atoms with Crippen LogP contribution in [-0.2, 0) is 14.3 Å². The van der Waals surface area contributed by atoms with Gasteiger partial charge in [-0.05, 0) is 0 Å². The fraction of sp³-hybridized carbons (Fsp3) is 0.500. The maximum atomic E-state index is 10.5. The Morgan fingerprint density at radius 3 is 2.19 bits per heavy atom. The average molecular weight is 236 g/mol. The average Bonchev–Trinajstić information content (AvgIpc) is 2.44. The van der Waals surface area contributed by atoms with Gasteiger partial charge in [-0.1, -0.05) is 0 Å². The number of carboxylic acid groups (broad SMARTS) is 1. The Kier molecular flexibility index (Phi) is 5.26. The van der Waals surface area contributed by atoms with Crippen LogP contribution in [0.2, 0.25) is 0 Å². The molecule has 1 aliphatic heterocycles. The first-order chi connectivity index (χ1) is 7.31. The van der Waals surface area contributed by atoms with Crippen LogP contribution in [0.1, 0.15) is 6.92 Å². The van der Waals surface area contributed by atoms with Gasteiger partial charge in [0.1, 0.15) is 6.10 Å². The third kappa shape index (κ3) is 3.75. The van der Waals surface area contributed by atoms with Gasteiger partial charge in [0.2, 0.25) is 5.76 Å². The maximum absolute atomic E-state index is 10.5. The highest BCUT2D eigenvalue weighted by Gasteiger charge is 2.38. The molecule has 0 aromatic heterocycles. The lowest BCUT2D eigenvalue weighted by Crippen LogP contribution is -2.31. The molecule has 16 heavy (non-hydrogen) atoms. The summed E-state index contributed by atoms with van der Waals surface area (Å²) in [7, 11) is 0. The van der Waals surface area contributed by atoms with Gasteiger partial charge in [-0.2, -0.15) is 0 Å². The van der Waals surface area contributed by atoms with E-state index in [1.54, 1.807) is 0 Å². The number of hydrogen-bond donors (Lipinski definition) is 5. The number of aliphatic hydroxyl groups is 4. The predicted octanol–water partition coefficient (Wildman–Crippen LogP) is -1.32. The van der Waals surface area contributed by atoms with Crippen molar-refractivity contribution in [3.05, 3.63) is 11.5 Å². The van der Waals surface area contributed by atoms with Crippen LogP contribution in [0.25, 0.3) is 0 Å². The number of carbonyl (C=O) groups is 2. The van der Waals surface area contributed by atoms with Crippen molar-refractivity contribution in [2.75, 3.05) is 6.61 Å². The second kappa shape index (κ2) is 5.93. The largest absolute Gasteiger partial charge is 0.505 e. The van der Waals surface area contributed by atoms with E-state index in [-0.39, 0.29) is 0 Å². The molecule has 1 aliphatic rings. The van der Waals surface area contributed by atoms with Gasteiger partial charge in [0.15, 0.2) is 11.9 Å². The number of cyclic esters (lactones) is 1. The van der Waals surface area contributed by atoms with Gasteiger partial charge < -0.3 is 30.3 Å². The number of ether oxygens (including phenoxy) is 1. The lowest BCUT2D eigenvalue weighted by Gasteiger charge is -2.13. The van der Waals surface area contributed by atoms with Crippen molar-refractivity contribution in [3.8, 4) is 0 Å². The molecule has 1 heterocycles. The summed E-state index contributed by atoms with van der Waals surface area (Å²) in [5.74, 6) is -3.61. The van der Waals surface area contributed by atoms with Crippen LogP contribution >= 0.6 is 0 Å². The molecule has 0 saturated carbocycles. The number of aliphatic carboxylic acids is 1. The summed E-state index contributed by atoms with van der Waals surface area (Å²) < 4.78 is 4.32. The molecule has 5 N–H and O–H groups in total. The van der Waals surface area contributed by atoms with Crippen LogP contribution in [0, 0.1) is 0 Å². The molecule has 0 aliphatic carbocycles. The Labute approximate surface area is 90.0 Å². The summed E-state index contributed by atoms with van der Waals surface area (Å²) in [5, 5.41) is 42.5. The molecular weight excluding hydrogens is 224 g/mol. The topological polar surface area (TPSA) is 145 Å². The quantitative estimate of drug-likeness (QED) is 0.371. The number of rotatable bonds is 2. The van der Waals surface area contributed by atoms with Crippen molar-refractivity contribution in [3.63, 3.8) is 0 Å². The van der Waals surface area contributed by atoms with Crippen LogP contribution in [0.5, 0.6) is 0 Å². The molecule has 0 saturated heterocycles. The summed E-state index contributed by atoms with van der Waals surface area (Å²) in [4.78, 5) is 19.5. The smallest absolute Gasteiger partial charge is 0.377 e. The molecule has 1 rings (SSSR count). The summed E-state index contributed by atoms with van der Waals surface area (Å²) in [5.41, 5.74) is 0. The Morgan fingerprint density at radius 2 is 1.94 bits per heavy atom. The van der Waals surface area contributed by atoms with E-state index in [9.17, 15) is 4.79 Å². The van der Waals surface area contributed by atoms with E-state index in [4.69, 9.17) is 30.3 Å². The fourth-order valence-electron chi connectivity index (χ4n) is 0.823. The molecule has 0 spiro atoms. The number of carboxylic acids is 1. The first-order valence-electron chi connectivity index (χ1n) is 4.12. The third-order valence-electron chi connectivity index (χ3n) is 1.48. The summed E-state index contributed by atoms with van der Waals surface area (Å²) in [6.45, 7) is 0.412. The Balaban J connectivity index is 0.000000487. The van der Waals surface area contributed by atoms with Crippen molar-refractivity contribution in [2.24, 2.45) is 0 Å². The second-order valence-corrected chi connectivity index (χ2v) is 2.83. The van der Waals surface area contributed by atoms with Crippen molar-refractivity contribution >= 4 is 11.9 Å². The lowest BCUT2D eigenvalue weighted by atomic mass is 10.2. The molecule has 2 atom stereocenters. The first kappa shape index (κ1) is 14.2. The zero-order valence-electron chi connectivity index (χ0n) is 8.32. The van der Waals surface area contributed by atoms with Crippen molar-refractivity contribution in [1.29, 1.82) is 0 Å². The minimum atomic E-state index is -1.42. The summed E-state index contributed by atoms with van der Waals surface area (Å²) in [6, 6.07) is 0. The van der Waals surface area contributed by atoms with Crippen LogP contribution in [0.15, 0.2) is 11.5 Å². The van der Waals surface area contributed by atoms with Crippen molar-refractivity contribution in [2.45, 2.75) is 19.1 Å². The van der Waals surface area contributed by atoms with Gasteiger partial charge in [-0.15, -0.1) is 0 Å². The third-order valence-corrected chi connectivity index (χ3v) is 1.48. The Hall–Kier alpha value is -1.80. The molecule has 0 bridgehead atoms. The van der Waals surface area contributed by atoms with Crippen molar-refractivity contribution in [1.82, 2.24) is 0 Å². The predicted molar refractivity (Wildman–Crippen MR) is 48.6 cm³/mol. The van der Waals surface area contributed by atoms with Gasteiger partial charge in [-0.3, -0.25) is 4.79 Å². The van der Waals surface area contributed by atoms with Crippen LogP contribution in [-0.4, -0.2) is 56.3 Å². The number of esters is 1. The van der Waals surface area contributed by atoms with Crippen molar-refractivity contribution < 1.29 is 39.9 Å². The standard InChI is InChI=1S/C6H8O6.C2H4O2/c7-1-2(8)5-3(9)4(10)6(11)12-5;1-2(3)4/h2,5,7-10H,1H2;1H3,(H,3,4)/t2-,5+;/m0./s1.